The Kier molecular flexibility index (Phi) is 14.3. The molecular weight excluding hydrogens is 384 g/mol. The summed E-state index contributed by atoms with van der Waals surface area (Å²) in [6.07, 6.45) is 3.02. The Morgan fingerprint density at radius 2 is 1.71 bits per heavy atom. The van der Waals surface area contributed by atoms with Gasteiger partial charge in [-0.05, 0) is 26.7 Å². The zero-order chi connectivity index (χ0) is 21.5. The van der Waals surface area contributed by atoms with E-state index >= 15 is 0 Å². The van der Waals surface area contributed by atoms with Crippen molar-refractivity contribution in [3.05, 3.63) is 0 Å². The third-order valence-electron chi connectivity index (χ3n) is 4.07. The van der Waals surface area contributed by atoms with Crippen LogP contribution in [0.4, 0.5) is 0 Å². The molecule has 160 valence electrons. The molecule has 0 bridgehead atoms. The standard InChI is InChI=1S/C19H32N2O6S/c1-4-15(24)11-21-16(14(3)23)12-28-17(19(26)27)10-18(25)20-9-7-5-6-8-13(2)22/h16-17,21H,4-12H2,1-3H3,(H,20,25)(H,26,27). The lowest BCUT2D eigenvalue weighted by Gasteiger charge is -2.18. The normalized spacial score (nSPS) is 12.8. The van der Waals surface area contributed by atoms with Crippen molar-refractivity contribution in [2.75, 3.05) is 18.8 Å². The summed E-state index contributed by atoms with van der Waals surface area (Å²) < 4.78 is 0. The number of carboxylic acid groups (broad SMARTS) is 1. The molecule has 0 saturated heterocycles. The first-order valence-corrected chi connectivity index (χ1v) is 10.6. The average Bonchev–Trinajstić information content (AvgIpc) is 2.62. The number of carbonyl (C=O) groups is 5. The van der Waals surface area contributed by atoms with Crippen molar-refractivity contribution in [2.45, 2.75) is 70.6 Å². The van der Waals surface area contributed by atoms with Gasteiger partial charge in [0.05, 0.1) is 12.6 Å². The van der Waals surface area contributed by atoms with Gasteiger partial charge in [-0.2, -0.15) is 0 Å². The van der Waals surface area contributed by atoms with Gasteiger partial charge in [0, 0.05) is 31.6 Å². The van der Waals surface area contributed by atoms with Crippen molar-refractivity contribution in [1.82, 2.24) is 10.6 Å². The highest BCUT2D eigenvalue weighted by Gasteiger charge is 2.24. The molecule has 0 aromatic carbocycles. The van der Waals surface area contributed by atoms with Crippen LogP contribution in [0.3, 0.4) is 0 Å². The lowest BCUT2D eigenvalue weighted by molar-refractivity contribution is -0.138. The van der Waals surface area contributed by atoms with Gasteiger partial charge in [-0.25, -0.2) is 0 Å². The van der Waals surface area contributed by atoms with Crippen LogP contribution >= 0.6 is 11.8 Å². The highest BCUT2D eigenvalue weighted by atomic mass is 32.2. The first kappa shape index (κ1) is 26.3. The smallest absolute Gasteiger partial charge is 0.317 e. The van der Waals surface area contributed by atoms with E-state index in [1.807, 2.05) is 0 Å². The van der Waals surface area contributed by atoms with Gasteiger partial charge < -0.3 is 15.2 Å². The van der Waals surface area contributed by atoms with E-state index in [-0.39, 0.29) is 42.0 Å². The number of nitrogens with one attached hydrogen (secondary N) is 2. The van der Waals surface area contributed by atoms with Crippen LogP contribution in [-0.4, -0.2) is 64.5 Å². The van der Waals surface area contributed by atoms with Gasteiger partial charge in [0.25, 0.3) is 0 Å². The number of hydrogen-bond acceptors (Lipinski definition) is 7. The third-order valence-corrected chi connectivity index (χ3v) is 5.37. The minimum Gasteiger partial charge on any atom is -0.480 e. The van der Waals surface area contributed by atoms with Crippen molar-refractivity contribution in [2.24, 2.45) is 0 Å². The minimum absolute atomic E-state index is 0.0336. The number of aliphatic carboxylic acids is 1. The number of hydrogen-bond donors (Lipinski definition) is 3. The molecule has 1 amide bonds. The van der Waals surface area contributed by atoms with Crippen LogP contribution in [0.1, 0.15) is 59.3 Å². The topological polar surface area (TPSA) is 130 Å². The van der Waals surface area contributed by atoms with Crippen molar-refractivity contribution in [3.8, 4) is 0 Å². The molecule has 0 aliphatic heterocycles. The van der Waals surface area contributed by atoms with Gasteiger partial charge in [0.1, 0.15) is 22.6 Å². The summed E-state index contributed by atoms with van der Waals surface area (Å²) >= 11 is 1.01. The molecule has 0 fully saturated rings. The molecule has 0 rings (SSSR count). The fourth-order valence-corrected chi connectivity index (χ4v) is 3.45. The zero-order valence-corrected chi connectivity index (χ0v) is 17.7. The van der Waals surface area contributed by atoms with Gasteiger partial charge in [-0.15, -0.1) is 11.8 Å². The highest BCUT2D eigenvalue weighted by molar-refractivity contribution is 8.00. The molecule has 3 N–H and O–H groups in total. The molecule has 9 heteroatoms. The molecule has 8 nitrogen and oxygen atoms in total. The highest BCUT2D eigenvalue weighted by Crippen LogP contribution is 2.17. The first-order chi connectivity index (χ1) is 13.2. The molecule has 0 aromatic rings. The molecule has 0 saturated carbocycles. The summed E-state index contributed by atoms with van der Waals surface area (Å²) in [5.41, 5.74) is 0. The first-order valence-electron chi connectivity index (χ1n) is 9.53. The summed E-state index contributed by atoms with van der Waals surface area (Å²) in [7, 11) is 0. The van der Waals surface area contributed by atoms with Crippen LogP contribution in [0, 0.1) is 0 Å². The van der Waals surface area contributed by atoms with E-state index in [0.29, 0.717) is 19.4 Å². The number of ketones is 3. The molecule has 0 radical (unpaired) electrons. The second kappa shape index (κ2) is 15.2. The second-order valence-corrected chi connectivity index (χ2v) is 7.90. The van der Waals surface area contributed by atoms with Crippen molar-refractivity contribution >= 4 is 41.0 Å². The van der Waals surface area contributed by atoms with Gasteiger partial charge in [0.15, 0.2) is 0 Å². The second-order valence-electron chi connectivity index (χ2n) is 6.66. The Hall–Kier alpha value is -1.74. The number of unbranched alkanes of at least 4 members (excludes halogenated alkanes) is 2. The monoisotopic (exact) mass is 416 g/mol. The predicted octanol–water partition coefficient (Wildman–Crippen LogP) is 1.35. The van der Waals surface area contributed by atoms with E-state index in [0.717, 1.165) is 31.0 Å². The van der Waals surface area contributed by atoms with E-state index in [2.05, 4.69) is 10.6 Å². The van der Waals surface area contributed by atoms with Crippen LogP contribution in [0.15, 0.2) is 0 Å². The largest absolute Gasteiger partial charge is 0.480 e. The van der Waals surface area contributed by atoms with E-state index in [4.69, 9.17) is 0 Å². The molecule has 2 unspecified atom stereocenters. The number of Topliss-reactive ketones (excluding diaryl/α,β-unsaturated/α-hetero) is 3. The third kappa shape index (κ3) is 13.4. The Morgan fingerprint density at radius 3 is 2.25 bits per heavy atom. The summed E-state index contributed by atoms with van der Waals surface area (Å²) in [4.78, 5) is 57.3. The number of rotatable bonds is 17. The van der Waals surface area contributed by atoms with Crippen LogP contribution in [0.2, 0.25) is 0 Å². The summed E-state index contributed by atoms with van der Waals surface area (Å²) in [6, 6.07) is -0.633. The lowest BCUT2D eigenvalue weighted by Crippen LogP contribution is -2.41. The van der Waals surface area contributed by atoms with Crippen LogP contribution in [-0.2, 0) is 24.0 Å². The Morgan fingerprint density at radius 1 is 1.04 bits per heavy atom. The van der Waals surface area contributed by atoms with Gasteiger partial charge >= 0.3 is 5.97 Å². The number of carbonyl (C=O) groups excluding carboxylic acids is 4. The van der Waals surface area contributed by atoms with Gasteiger partial charge in [-0.3, -0.25) is 24.5 Å². The summed E-state index contributed by atoms with van der Waals surface area (Å²) in [5, 5.41) is 13.9. The Bertz CT molecular complexity index is 553. The van der Waals surface area contributed by atoms with Crippen molar-refractivity contribution in [3.63, 3.8) is 0 Å². The van der Waals surface area contributed by atoms with Gasteiger partial charge in [-0.1, -0.05) is 13.3 Å². The van der Waals surface area contributed by atoms with Crippen LogP contribution < -0.4 is 10.6 Å². The molecule has 0 aliphatic carbocycles. The van der Waals surface area contributed by atoms with Crippen molar-refractivity contribution in [1.29, 1.82) is 0 Å². The fraction of sp³-hybridized carbons (Fsp3) is 0.737. The molecule has 0 spiro atoms. The molecule has 0 aliphatic rings. The molecule has 28 heavy (non-hydrogen) atoms. The number of amides is 1. The number of carboxylic acids is 1. The maximum atomic E-state index is 12.0. The molecule has 2 atom stereocenters. The SMILES string of the molecule is CCC(=O)CNC(CSC(CC(=O)NCCCCCC(C)=O)C(=O)O)C(C)=O. The van der Waals surface area contributed by atoms with Crippen LogP contribution in [0.25, 0.3) is 0 Å². The maximum Gasteiger partial charge on any atom is 0.317 e. The van der Waals surface area contributed by atoms with E-state index < -0.39 is 17.3 Å². The number of thioether (sulfide) groups is 1. The van der Waals surface area contributed by atoms with E-state index in [9.17, 15) is 29.1 Å². The molecule has 0 heterocycles. The quantitative estimate of drug-likeness (QED) is 0.303. The lowest BCUT2D eigenvalue weighted by atomic mass is 10.1. The fourth-order valence-electron chi connectivity index (χ4n) is 2.26. The van der Waals surface area contributed by atoms with Crippen LogP contribution in [0.5, 0.6) is 0 Å². The Balaban J connectivity index is 4.32. The minimum atomic E-state index is -1.12. The molecular formula is C19H32N2O6S. The Labute approximate surface area is 170 Å². The average molecular weight is 417 g/mol. The summed E-state index contributed by atoms with van der Waals surface area (Å²) in [6.45, 7) is 5.14. The zero-order valence-electron chi connectivity index (χ0n) is 16.9. The van der Waals surface area contributed by atoms with Gasteiger partial charge in [0.2, 0.25) is 5.91 Å². The van der Waals surface area contributed by atoms with E-state index in [1.54, 1.807) is 13.8 Å². The molecule has 0 aromatic heterocycles. The maximum absolute atomic E-state index is 12.0. The van der Waals surface area contributed by atoms with E-state index in [1.165, 1.54) is 6.92 Å². The summed E-state index contributed by atoms with van der Waals surface area (Å²) in [5.74, 6) is -1.39. The van der Waals surface area contributed by atoms with Crippen molar-refractivity contribution < 1.29 is 29.1 Å². The predicted molar refractivity (Wildman–Crippen MR) is 108 cm³/mol.